The molecule has 0 radical (unpaired) electrons. The highest BCUT2D eigenvalue weighted by atomic mass is 16.5. The van der Waals surface area contributed by atoms with Crippen molar-refractivity contribution >= 4 is 5.97 Å². The van der Waals surface area contributed by atoms with E-state index in [-0.39, 0.29) is 18.4 Å². The van der Waals surface area contributed by atoms with Gasteiger partial charge in [-0.15, -0.1) is 0 Å². The Bertz CT molecular complexity index is 471. The van der Waals surface area contributed by atoms with Crippen LogP contribution >= 0.6 is 0 Å². The van der Waals surface area contributed by atoms with E-state index in [1.807, 2.05) is 19.9 Å². The van der Waals surface area contributed by atoms with Crippen molar-refractivity contribution in [3.8, 4) is 5.75 Å². The monoisotopic (exact) mass is 263 g/mol. The highest BCUT2D eigenvalue weighted by molar-refractivity contribution is 5.74. The van der Waals surface area contributed by atoms with Crippen molar-refractivity contribution in [3.63, 3.8) is 0 Å². The third kappa shape index (κ3) is 3.07. The van der Waals surface area contributed by atoms with Gasteiger partial charge in [0.1, 0.15) is 5.75 Å². The van der Waals surface area contributed by atoms with Crippen molar-refractivity contribution in [2.75, 3.05) is 13.2 Å². The summed E-state index contributed by atoms with van der Waals surface area (Å²) in [6.07, 6.45) is 1.95. The molecule has 104 valence electrons. The molecule has 1 aliphatic rings. The fraction of sp³-hybridized carbons (Fsp3) is 0.533. The minimum atomic E-state index is -0.211. The summed E-state index contributed by atoms with van der Waals surface area (Å²) < 4.78 is 10.7. The molecule has 0 saturated heterocycles. The molecule has 0 aromatic heterocycles. The summed E-state index contributed by atoms with van der Waals surface area (Å²) in [5, 5.41) is 0. The molecule has 19 heavy (non-hydrogen) atoms. The Morgan fingerprint density at radius 2 is 2.11 bits per heavy atom. The number of carbonyl (C=O) groups is 1. The van der Waals surface area contributed by atoms with Crippen LogP contribution in [0.5, 0.6) is 5.75 Å². The molecular weight excluding hydrogens is 242 g/mol. The molecule has 1 aromatic rings. The van der Waals surface area contributed by atoms with E-state index < -0.39 is 0 Å². The second-order valence-electron chi connectivity index (χ2n) is 4.76. The van der Waals surface area contributed by atoms with Crippen molar-refractivity contribution in [3.05, 3.63) is 28.8 Å². The predicted molar refractivity (Wildman–Crippen MR) is 73.3 cm³/mol. The largest absolute Gasteiger partial charge is 0.494 e. The van der Waals surface area contributed by atoms with E-state index in [1.54, 1.807) is 0 Å². The van der Waals surface area contributed by atoms with Crippen LogP contribution in [-0.4, -0.2) is 25.2 Å². The first kappa shape index (κ1) is 13.9. The molecule has 1 unspecified atom stereocenters. The zero-order valence-electron chi connectivity index (χ0n) is 11.6. The third-order valence-electron chi connectivity index (χ3n) is 3.36. The second-order valence-corrected chi connectivity index (χ2v) is 4.76. The van der Waals surface area contributed by atoms with E-state index in [1.165, 1.54) is 11.1 Å². The van der Waals surface area contributed by atoms with E-state index in [2.05, 4.69) is 6.07 Å². The van der Waals surface area contributed by atoms with Crippen LogP contribution in [-0.2, 0) is 28.8 Å². The Morgan fingerprint density at radius 3 is 2.79 bits per heavy atom. The van der Waals surface area contributed by atoms with Crippen molar-refractivity contribution in [1.29, 1.82) is 0 Å². The van der Waals surface area contributed by atoms with Crippen LogP contribution in [0, 0.1) is 0 Å². The van der Waals surface area contributed by atoms with Gasteiger partial charge in [-0.2, -0.15) is 0 Å². The van der Waals surface area contributed by atoms with Crippen LogP contribution < -0.4 is 10.5 Å². The fourth-order valence-electron chi connectivity index (χ4n) is 2.62. The summed E-state index contributed by atoms with van der Waals surface area (Å²) in [4.78, 5) is 11.7. The van der Waals surface area contributed by atoms with Gasteiger partial charge >= 0.3 is 5.97 Å². The number of nitrogens with two attached hydrogens (primary N) is 1. The first-order valence-corrected chi connectivity index (χ1v) is 6.83. The fourth-order valence-corrected chi connectivity index (χ4v) is 2.62. The van der Waals surface area contributed by atoms with Gasteiger partial charge in [0.25, 0.3) is 0 Å². The van der Waals surface area contributed by atoms with Crippen molar-refractivity contribution in [2.45, 2.75) is 39.2 Å². The zero-order valence-corrected chi connectivity index (χ0v) is 11.6. The Balaban J connectivity index is 2.32. The average molecular weight is 263 g/mol. The Kier molecular flexibility index (Phi) is 4.43. The summed E-state index contributed by atoms with van der Waals surface area (Å²) in [7, 11) is 0. The lowest BCUT2D eigenvalue weighted by atomic mass is 9.99. The Labute approximate surface area is 113 Å². The van der Waals surface area contributed by atoms with Crippen LogP contribution in [0.25, 0.3) is 0 Å². The third-order valence-corrected chi connectivity index (χ3v) is 3.36. The lowest BCUT2D eigenvalue weighted by Crippen LogP contribution is -2.19. The summed E-state index contributed by atoms with van der Waals surface area (Å²) in [5.41, 5.74) is 9.36. The summed E-state index contributed by atoms with van der Waals surface area (Å²) in [6.45, 7) is 4.73. The molecule has 0 saturated carbocycles. The van der Waals surface area contributed by atoms with Gasteiger partial charge in [0.2, 0.25) is 0 Å². The molecule has 0 fully saturated rings. The second kappa shape index (κ2) is 6.06. The number of benzene rings is 1. The van der Waals surface area contributed by atoms with Crippen LogP contribution in [0.1, 0.15) is 30.5 Å². The van der Waals surface area contributed by atoms with Gasteiger partial charge in [0.15, 0.2) is 0 Å². The molecule has 4 nitrogen and oxygen atoms in total. The van der Waals surface area contributed by atoms with Gasteiger partial charge < -0.3 is 15.2 Å². The number of hydrogen-bond acceptors (Lipinski definition) is 4. The van der Waals surface area contributed by atoms with Gasteiger partial charge in [-0.25, -0.2) is 0 Å². The standard InChI is InChI=1S/C15H21NO3/c1-3-18-14-6-5-10-7-11(16)8-12(10)13(14)9-15(17)19-4-2/h5-6,11H,3-4,7-9,16H2,1-2H3. The van der Waals surface area contributed by atoms with Crippen molar-refractivity contribution < 1.29 is 14.3 Å². The molecule has 0 spiro atoms. The summed E-state index contributed by atoms with van der Waals surface area (Å²) in [5.74, 6) is 0.570. The first-order chi connectivity index (χ1) is 9.15. The van der Waals surface area contributed by atoms with Gasteiger partial charge in [-0.3, -0.25) is 4.79 Å². The molecule has 0 aliphatic heterocycles. The molecular formula is C15H21NO3. The highest BCUT2D eigenvalue weighted by Gasteiger charge is 2.25. The van der Waals surface area contributed by atoms with Crippen LogP contribution in [0.15, 0.2) is 12.1 Å². The maximum Gasteiger partial charge on any atom is 0.310 e. The molecule has 1 aromatic carbocycles. The molecule has 0 heterocycles. The molecule has 2 N–H and O–H groups in total. The van der Waals surface area contributed by atoms with Crippen LogP contribution in [0.2, 0.25) is 0 Å². The SMILES string of the molecule is CCOC(=O)Cc1c(OCC)ccc2c1CC(N)C2. The number of rotatable bonds is 5. The topological polar surface area (TPSA) is 61.5 Å². The number of esters is 1. The van der Waals surface area contributed by atoms with Gasteiger partial charge in [0, 0.05) is 11.6 Å². The Hall–Kier alpha value is -1.55. The van der Waals surface area contributed by atoms with E-state index in [4.69, 9.17) is 15.2 Å². The molecule has 0 bridgehead atoms. The van der Waals surface area contributed by atoms with Crippen molar-refractivity contribution in [1.82, 2.24) is 0 Å². The molecule has 0 amide bonds. The highest BCUT2D eigenvalue weighted by Crippen LogP contribution is 2.32. The summed E-state index contributed by atoms with van der Waals surface area (Å²) >= 11 is 0. The first-order valence-electron chi connectivity index (χ1n) is 6.83. The van der Waals surface area contributed by atoms with Gasteiger partial charge in [0.05, 0.1) is 19.6 Å². The quantitative estimate of drug-likeness (QED) is 0.820. The maximum absolute atomic E-state index is 11.7. The molecule has 4 heteroatoms. The molecule has 2 rings (SSSR count). The zero-order chi connectivity index (χ0) is 13.8. The summed E-state index contributed by atoms with van der Waals surface area (Å²) in [6, 6.07) is 4.14. The van der Waals surface area contributed by atoms with E-state index in [0.717, 1.165) is 24.2 Å². The number of fused-ring (bicyclic) bond motifs is 1. The van der Waals surface area contributed by atoms with Crippen LogP contribution in [0.4, 0.5) is 0 Å². The lowest BCUT2D eigenvalue weighted by molar-refractivity contribution is -0.142. The van der Waals surface area contributed by atoms with Gasteiger partial charge in [-0.05, 0) is 43.9 Å². The number of ether oxygens (including phenoxy) is 2. The maximum atomic E-state index is 11.7. The molecule has 1 atom stereocenters. The Morgan fingerprint density at radius 1 is 1.32 bits per heavy atom. The van der Waals surface area contributed by atoms with Crippen LogP contribution in [0.3, 0.4) is 0 Å². The van der Waals surface area contributed by atoms with E-state index in [0.29, 0.717) is 13.2 Å². The smallest absolute Gasteiger partial charge is 0.310 e. The van der Waals surface area contributed by atoms with Gasteiger partial charge in [-0.1, -0.05) is 6.07 Å². The van der Waals surface area contributed by atoms with E-state index >= 15 is 0 Å². The minimum absolute atomic E-state index is 0.146. The van der Waals surface area contributed by atoms with E-state index in [9.17, 15) is 4.79 Å². The molecule has 1 aliphatic carbocycles. The number of hydrogen-bond donors (Lipinski definition) is 1. The van der Waals surface area contributed by atoms with Crippen molar-refractivity contribution in [2.24, 2.45) is 5.73 Å². The average Bonchev–Trinajstić information content (AvgIpc) is 2.74. The minimum Gasteiger partial charge on any atom is -0.494 e. The predicted octanol–water partition coefficient (Wildman–Crippen LogP) is 1.62. The number of carbonyl (C=O) groups excluding carboxylic acids is 1. The normalized spacial score (nSPS) is 17.1. The lowest BCUT2D eigenvalue weighted by Gasteiger charge is -2.14.